The average molecular weight is 311 g/mol. The van der Waals surface area contributed by atoms with Crippen molar-refractivity contribution in [2.24, 2.45) is 0 Å². The Balaban J connectivity index is 1.78. The third-order valence-corrected chi connectivity index (χ3v) is 4.64. The Labute approximate surface area is 136 Å². The second kappa shape index (κ2) is 6.38. The lowest BCUT2D eigenvalue weighted by Crippen LogP contribution is -2.57. The maximum Gasteiger partial charge on any atom is 0.328 e. The van der Waals surface area contributed by atoms with Crippen molar-refractivity contribution in [3.63, 3.8) is 0 Å². The molecule has 23 heavy (non-hydrogen) atoms. The minimum absolute atomic E-state index is 0.689. The number of aromatic nitrogens is 1. The molecule has 0 aliphatic carbocycles. The highest BCUT2D eigenvalue weighted by molar-refractivity contribution is 5.80. The van der Waals surface area contributed by atoms with Gasteiger partial charge in [0.25, 0.3) is 0 Å². The first-order valence-electron chi connectivity index (χ1n) is 7.82. The van der Waals surface area contributed by atoms with Crippen molar-refractivity contribution in [3.05, 3.63) is 60.3 Å². The number of carboxylic acids is 1. The van der Waals surface area contributed by atoms with Crippen molar-refractivity contribution in [2.75, 3.05) is 31.1 Å². The first kappa shape index (κ1) is 15.5. The minimum Gasteiger partial charge on any atom is -0.480 e. The fourth-order valence-electron chi connectivity index (χ4n) is 3.13. The van der Waals surface area contributed by atoms with Crippen LogP contribution in [0, 0.1) is 0 Å². The van der Waals surface area contributed by atoms with E-state index in [4.69, 9.17) is 0 Å². The van der Waals surface area contributed by atoms with Gasteiger partial charge in [-0.1, -0.05) is 36.4 Å². The summed E-state index contributed by atoms with van der Waals surface area (Å²) in [6.07, 6.45) is 1.78. The van der Waals surface area contributed by atoms with Crippen LogP contribution in [0.2, 0.25) is 0 Å². The predicted octanol–water partition coefficient (Wildman–Crippen LogP) is 2.20. The molecule has 1 aliphatic heterocycles. The third kappa shape index (κ3) is 2.92. The number of carbonyl (C=O) groups is 1. The minimum atomic E-state index is -1.00. The molecular weight excluding hydrogens is 290 g/mol. The van der Waals surface area contributed by atoms with E-state index < -0.39 is 11.5 Å². The Bertz CT molecular complexity index is 654. The van der Waals surface area contributed by atoms with E-state index in [1.54, 1.807) is 13.1 Å². The van der Waals surface area contributed by atoms with Gasteiger partial charge in [0.1, 0.15) is 11.4 Å². The van der Waals surface area contributed by atoms with Gasteiger partial charge >= 0.3 is 5.97 Å². The summed E-state index contributed by atoms with van der Waals surface area (Å²) in [6.45, 7) is 4.71. The summed E-state index contributed by atoms with van der Waals surface area (Å²) in [4.78, 5) is 20.6. The standard InChI is InChI=1S/C18H21N3O2/c1-18(17(22)23,15-7-3-2-4-8-15)21-13-11-20(12-14-21)16-9-5-6-10-19-16/h2-10H,11-14H2,1H3,(H,22,23). The maximum atomic E-state index is 12.0. The summed E-state index contributed by atoms with van der Waals surface area (Å²) in [7, 11) is 0. The molecular formula is C18H21N3O2. The van der Waals surface area contributed by atoms with Crippen LogP contribution < -0.4 is 4.90 Å². The van der Waals surface area contributed by atoms with Gasteiger partial charge in [0.2, 0.25) is 0 Å². The number of benzene rings is 1. The van der Waals surface area contributed by atoms with Gasteiger partial charge in [-0.2, -0.15) is 0 Å². The molecule has 1 aliphatic rings. The van der Waals surface area contributed by atoms with E-state index in [2.05, 4.69) is 9.88 Å². The van der Waals surface area contributed by atoms with Crippen LogP contribution in [0.3, 0.4) is 0 Å². The SMILES string of the molecule is CC(C(=O)O)(c1ccccc1)N1CCN(c2ccccn2)CC1. The molecule has 2 heterocycles. The Hall–Kier alpha value is -2.40. The smallest absolute Gasteiger partial charge is 0.328 e. The molecule has 120 valence electrons. The second-order valence-electron chi connectivity index (χ2n) is 5.91. The number of anilines is 1. The van der Waals surface area contributed by atoms with Crippen LogP contribution in [0.1, 0.15) is 12.5 Å². The molecule has 5 heteroatoms. The number of aliphatic carboxylic acids is 1. The highest BCUT2D eigenvalue weighted by Crippen LogP contribution is 2.30. The number of nitrogens with zero attached hydrogens (tertiary/aromatic N) is 3. The Kier molecular flexibility index (Phi) is 4.30. The molecule has 0 amide bonds. The van der Waals surface area contributed by atoms with E-state index in [9.17, 15) is 9.90 Å². The van der Waals surface area contributed by atoms with Crippen molar-refractivity contribution in [3.8, 4) is 0 Å². The zero-order valence-electron chi connectivity index (χ0n) is 13.2. The largest absolute Gasteiger partial charge is 0.480 e. The van der Waals surface area contributed by atoms with Crippen molar-refractivity contribution in [1.29, 1.82) is 0 Å². The lowest BCUT2D eigenvalue weighted by atomic mass is 9.89. The van der Waals surface area contributed by atoms with E-state index >= 15 is 0 Å². The zero-order chi connectivity index (χ0) is 16.3. The summed E-state index contributed by atoms with van der Waals surface area (Å²) in [5, 5.41) is 9.85. The summed E-state index contributed by atoms with van der Waals surface area (Å²) >= 11 is 0. The molecule has 2 aromatic rings. The summed E-state index contributed by atoms with van der Waals surface area (Å²) < 4.78 is 0. The fraction of sp³-hybridized carbons (Fsp3) is 0.333. The molecule has 1 N–H and O–H groups in total. The van der Waals surface area contributed by atoms with Gasteiger partial charge in [0.15, 0.2) is 0 Å². The number of hydrogen-bond donors (Lipinski definition) is 1. The van der Waals surface area contributed by atoms with Crippen molar-refractivity contribution >= 4 is 11.8 Å². The quantitative estimate of drug-likeness (QED) is 0.938. The van der Waals surface area contributed by atoms with Crippen LogP contribution in [0.4, 0.5) is 5.82 Å². The van der Waals surface area contributed by atoms with Crippen LogP contribution >= 0.6 is 0 Å². The molecule has 1 atom stereocenters. The Morgan fingerprint density at radius 1 is 1.04 bits per heavy atom. The van der Waals surface area contributed by atoms with Crippen LogP contribution in [-0.4, -0.2) is 47.1 Å². The van der Waals surface area contributed by atoms with E-state index in [1.165, 1.54) is 0 Å². The van der Waals surface area contributed by atoms with Crippen molar-refractivity contribution < 1.29 is 9.90 Å². The van der Waals surface area contributed by atoms with Crippen LogP contribution in [0.25, 0.3) is 0 Å². The van der Waals surface area contributed by atoms with Gasteiger partial charge in [0.05, 0.1) is 0 Å². The normalized spacial score (nSPS) is 18.4. The first-order chi connectivity index (χ1) is 11.1. The topological polar surface area (TPSA) is 56.7 Å². The molecule has 0 spiro atoms. The highest BCUT2D eigenvalue weighted by Gasteiger charge is 2.42. The lowest BCUT2D eigenvalue weighted by Gasteiger charge is -2.44. The Morgan fingerprint density at radius 3 is 2.26 bits per heavy atom. The molecule has 1 aromatic carbocycles. The van der Waals surface area contributed by atoms with Crippen molar-refractivity contribution in [1.82, 2.24) is 9.88 Å². The first-order valence-corrected chi connectivity index (χ1v) is 7.82. The number of carboxylic acid groups (broad SMARTS) is 1. The molecule has 5 nitrogen and oxygen atoms in total. The predicted molar refractivity (Wildman–Crippen MR) is 89.5 cm³/mol. The van der Waals surface area contributed by atoms with Gasteiger partial charge < -0.3 is 10.0 Å². The molecule has 1 aromatic heterocycles. The van der Waals surface area contributed by atoms with Crippen LogP contribution in [-0.2, 0) is 10.3 Å². The molecule has 1 fully saturated rings. The third-order valence-electron chi connectivity index (χ3n) is 4.64. The average Bonchev–Trinajstić information content (AvgIpc) is 2.62. The second-order valence-corrected chi connectivity index (χ2v) is 5.91. The highest BCUT2D eigenvalue weighted by atomic mass is 16.4. The fourth-order valence-corrected chi connectivity index (χ4v) is 3.13. The summed E-state index contributed by atoms with van der Waals surface area (Å²) in [5.74, 6) is 0.138. The lowest BCUT2D eigenvalue weighted by molar-refractivity contribution is -0.151. The van der Waals surface area contributed by atoms with E-state index in [0.29, 0.717) is 13.1 Å². The van der Waals surface area contributed by atoms with Crippen molar-refractivity contribution in [2.45, 2.75) is 12.5 Å². The number of pyridine rings is 1. The summed E-state index contributed by atoms with van der Waals surface area (Å²) in [6, 6.07) is 15.3. The van der Waals surface area contributed by atoms with Gasteiger partial charge in [-0.25, -0.2) is 9.78 Å². The summed E-state index contributed by atoms with van der Waals surface area (Å²) in [5.41, 5.74) is -0.184. The number of rotatable bonds is 4. The molecule has 0 saturated carbocycles. The van der Waals surface area contributed by atoms with E-state index in [1.807, 2.05) is 53.4 Å². The van der Waals surface area contributed by atoms with Crippen LogP contribution in [0.15, 0.2) is 54.7 Å². The van der Waals surface area contributed by atoms with E-state index in [0.717, 1.165) is 24.5 Å². The van der Waals surface area contributed by atoms with Gasteiger partial charge in [-0.05, 0) is 24.6 Å². The molecule has 1 saturated heterocycles. The zero-order valence-corrected chi connectivity index (χ0v) is 13.2. The molecule has 3 rings (SSSR count). The Morgan fingerprint density at radius 2 is 1.70 bits per heavy atom. The monoisotopic (exact) mass is 311 g/mol. The molecule has 0 bridgehead atoms. The number of hydrogen-bond acceptors (Lipinski definition) is 4. The van der Waals surface area contributed by atoms with Crippen LogP contribution in [0.5, 0.6) is 0 Å². The molecule has 0 radical (unpaired) electrons. The maximum absolute atomic E-state index is 12.0. The molecule has 1 unspecified atom stereocenters. The van der Waals surface area contributed by atoms with Gasteiger partial charge in [0, 0.05) is 32.4 Å². The number of piperazine rings is 1. The van der Waals surface area contributed by atoms with Gasteiger partial charge in [-0.15, -0.1) is 0 Å². The van der Waals surface area contributed by atoms with Gasteiger partial charge in [-0.3, -0.25) is 4.90 Å². The van der Waals surface area contributed by atoms with E-state index in [-0.39, 0.29) is 0 Å².